The second kappa shape index (κ2) is 47.0. The second-order valence-electron chi connectivity index (χ2n) is 22.6. The maximum Gasteiger partial charge on any atom is 0.0181 e. The molecule has 0 amide bonds. The number of hydrogen-bond acceptors (Lipinski definition) is 2. The molecule has 2 fully saturated rings. The molecule has 0 bridgehead atoms. The summed E-state index contributed by atoms with van der Waals surface area (Å²) in [5, 5.41) is 0. The number of unbranched alkanes of at least 4 members (excludes halogenated alkanes) is 51. The van der Waals surface area contributed by atoms with Crippen LogP contribution in [-0.2, 0) is 0 Å². The molecular weight excluding hydrogens is 761 g/mol. The smallest absolute Gasteiger partial charge is 0.0181 e. The third-order valence-corrected chi connectivity index (χ3v) is 16.2. The fourth-order valence-corrected chi connectivity index (χ4v) is 11.8. The van der Waals surface area contributed by atoms with Gasteiger partial charge in [-0.15, -0.1) is 0 Å². The van der Waals surface area contributed by atoms with Crippen LogP contribution in [0.2, 0.25) is 0 Å². The van der Waals surface area contributed by atoms with Gasteiger partial charge in [-0.05, 0) is 38.9 Å². The van der Waals surface area contributed by atoms with E-state index in [1.807, 2.05) is 0 Å². The first-order valence-electron chi connectivity index (χ1n) is 30.6. The largest absolute Gasteiger partial charge is 0.306 e. The molecule has 1 aliphatic carbocycles. The van der Waals surface area contributed by atoms with Gasteiger partial charge in [0, 0.05) is 19.1 Å². The molecule has 1 aliphatic heterocycles. The van der Waals surface area contributed by atoms with Gasteiger partial charge in [0.1, 0.15) is 0 Å². The Morgan fingerprint density at radius 2 is 0.429 bits per heavy atom. The first-order chi connectivity index (χ1) is 31.2. The predicted molar refractivity (Wildman–Crippen MR) is 287 cm³/mol. The average molecular weight is 884 g/mol. The molecule has 0 spiro atoms. The highest BCUT2D eigenvalue weighted by Gasteiger charge is 2.56. The number of hydrogen-bond donors (Lipinski definition) is 0. The van der Waals surface area contributed by atoms with Gasteiger partial charge in [-0.1, -0.05) is 334 Å². The highest BCUT2D eigenvalue weighted by atomic mass is 15.3. The lowest BCUT2D eigenvalue weighted by atomic mass is 10.0. The van der Waals surface area contributed by atoms with Crippen molar-refractivity contribution in [2.45, 2.75) is 347 Å². The van der Waals surface area contributed by atoms with Gasteiger partial charge >= 0.3 is 0 Å². The Morgan fingerprint density at radius 1 is 0.270 bits per heavy atom. The molecule has 0 N–H and O–H groups in total. The Labute approximate surface area is 400 Å². The van der Waals surface area contributed by atoms with E-state index in [1.165, 1.54) is 354 Å². The fraction of sp³-hybridized carbons (Fsp3) is 1.00. The Kier molecular flexibility index (Phi) is 44.1. The number of rotatable bonds is 54. The van der Waals surface area contributed by atoms with Crippen molar-refractivity contribution >= 4 is 0 Å². The number of piperidine rings is 1. The van der Waals surface area contributed by atoms with Crippen LogP contribution in [0.1, 0.15) is 341 Å². The molecule has 2 aliphatic rings. The van der Waals surface area contributed by atoms with Gasteiger partial charge in [-0.2, -0.15) is 0 Å². The maximum absolute atomic E-state index is 2.69. The third-order valence-electron chi connectivity index (χ3n) is 16.2. The molecule has 1 saturated carbocycles. The molecule has 2 nitrogen and oxygen atoms in total. The lowest BCUT2D eigenvalue weighted by molar-refractivity contribution is 0.244. The maximum atomic E-state index is 2.69. The van der Waals surface area contributed by atoms with Crippen molar-refractivity contribution in [3.8, 4) is 0 Å². The van der Waals surface area contributed by atoms with Crippen LogP contribution in [0.5, 0.6) is 0 Å². The minimum atomic E-state index is 0.924. The summed E-state index contributed by atoms with van der Waals surface area (Å²) in [5.74, 6) is 1.99. The molecule has 1 heterocycles. The van der Waals surface area contributed by atoms with E-state index in [-0.39, 0.29) is 0 Å². The molecular formula is C61H122N2. The molecule has 1 saturated heterocycles. The van der Waals surface area contributed by atoms with Crippen molar-refractivity contribution in [1.82, 2.24) is 9.80 Å². The fourth-order valence-electron chi connectivity index (χ4n) is 11.8. The molecule has 0 aromatic rings. The first-order valence-corrected chi connectivity index (χ1v) is 30.6. The van der Waals surface area contributed by atoms with Crippen LogP contribution in [-0.4, -0.2) is 49.6 Å². The van der Waals surface area contributed by atoms with Crippen molar-refractivity contribution in [3.05, 3.63) is 0 Å². The molecule has 2 unspecified atom stereocenters. The van der Waals surface area contributed by atoms with E-state index in [2.05, 4.69) is 30.8 Å². The third kappa shape index (κ3) is 38.6. The van der Waals surface area contributed by atoms with Crippen molar-refractivity contribution in [2.75, 3.05) is 33.7 Å². The van der Waals surface area contributed by atoms with E-state index in [0.29, 0.717) is 0 Å². The minimum Gasteiger partial charge on any atom is -0.306 e. The Hall–Kier alpha value is -0.0800. The van der Waals surface area contributed by atoms with Crippen LogP contribution < -0.4 is 0 Å². The summed E-state index contributed by atoms with van der Waals surface area (Å²) in [7, 11) is 4.68. The Morgan fingerprint density at radius 3 is 0.603 bits per heavy atom. The van der Waals surface area contributed by atoms with E-state index in [4.69, 9.17) is 0 Å². The van der Waals surface area contributed by atoms with Gasteiger partial charge in [0.2, 0.25) is 0 Å². The lowest BCUT2D eigenvalue weighted by Crippen LogP contribution is -2.31. The van der Waals surface area contributed by atoms with Crippen LogP contribution >= 0.6 is 0 Å². The lowest BCUT2D eigenvalue weighted by Gasteiger charge is -2.21. The van der Waals surface area contributed by atoms with Crippen molar-refractivity contribution < 1.29 is 0 Å². The van der Waals surface area contributed by atoms with Crippen molar-refractivity contribution in [2.24, 2.45) is 11.8 Å². The standard InChI is InChI=1S/C61H122N2/c1-4-5-6-7-8-9-10-11-12-13-14-15-16-17-18-19-20-21-22-23-24-25-26-27-28-29-30-31-32-33-34-35-36-37-38-39-40-41-42-43-44-45-46-47-48-49-50-51-52-53-54-55-56-63(3)61-59-57-62(2)58-60(59)61/h59-61H,4-58H2,1-3H3. The van der Waals surface area contributed by atoms with E-state index in [1.54, 1.807) is 0 Å². The normalized spacial score (nSPS) is 17.4. The Balaban J connectivity index is 1.10. The van der Waals surface area contributed by atoms with Crippen molar-refractivity contribution in [1.29, 1.82) is 0 Å². The summed E-state index contributed by atoms with van der Waals surface area (Å²) in [6, 6.07) is 0.924. The number of likely N-dealkylation sites (tertiary alicyclic amines) is 1. The van der Waals surface area contributed by atoms with Crippen LogP contribution in [0.3, 0.4) is 0 Å². The monoisotopic (exact) mass is 883 g/mol. The van der Waals surface area contributed by atoms with Crippen LogP contribution in [0.4, 0.5) is 0 Å². The quantitative estimate of drug-likeness (QED) is 0.0562. The summed E-state index contributed by atoms with van der Waals surface area (Å²) >= 11 is 0. The van der Waals surface area contributed by atoms with Crippen LogP contribution in [0, 0.1) is 11.8 Å². The van der Waals surface area contributed by atoms with Gasteiger partial charge in [-0.3, -0.25) is 0 Å². The predicted octanol–water partition coefficient (Wildman–Crippen LogP) is 20.8. The molecule has 0 radical (unpaired) electrons. The zero-order valence-corrected chi connectivity index (χ0v) is 44.5. The SMILES string of the molecule is CCCCCCCCCCCCCCCCCCCCCCCCCCCCCCCCCCCCCCCCCCCCCCCCCCCCCCN(C)C1C2CN(C)CC21. The van der Waals surface area contributed by atoms with Gasteiger partial charge in [-0.25, -0.2) is 0 Å². The number of nitrogens with zero attached hydrogens (tertiary/aromatic N) is 2. The molecule has 0 aromatic heterocycles. The van der Waals surface area contributed by atoms with Gasteiger partial charge in [0.25, 0.3) is 0 Å². The topological polar surface area (TPSA) is 6.48 Å². The van der Waals surface area contributed by atoms with E-state index in [0.717, 1.165) is 17.9 Å². The van der Waals surface area contributed by atoms with Crippen LogP contribution in [0.15, 0.2) is 0 Å². The zero-order chi connectivity index (χ0) is 44.8. The molecule has 376 valence electrons. The van der Waals surface area contributed by atoms with Gasteiger partial charge in [0.15, 0.2) is 0 Å². The van der Waals surface area contributed by atoms with Crippen LogP contribution in [0.25, 0.3) is 0 Å². The Bertz CT molecular complexity index is 859. The summed E-state index contributed by atoms with van der Waals surface area (Å²) in [6.45, 7) is 6.34. The van der Waals surface area contributed by atoms with Gasteiger partial charge < -0.3 is 9.80 Å². The average Bonchev–Trinajstić information content (AvgIpc) is 3.81. The van der Waals surface area contributed by atoms with Gasteiger partial charge in [0.05, 0.1) is 0 Å². The molecule has 0 aromatic carbocycles. The minimum absolute atomic E-state index is 0.924. The highest BCUT2D eigenvalue weighted by molar-refractivity contribution is 5.09. The molecule has 63 heavy (non-hydrogen) atoms. The summed E-state index contributed by atoms with van der Waals surface area (Å²) in [4.78, 5) is 5.21. The first kappa shape index (κ1) is 59.0. The molecule has 2 heteroatoms. The van der Waals surface area contributed by atoms with E-state index >= 15 is 0 Å². The van der Waals surface area contributed by atoms with E-state index in [9.17, 15) is 0 Å². The summed E-state index contributed by atoms with van der Waals surface area (Å²) < 4.78 is 0. The summed E-state index contributed by atoms with van der Waals surface area (Å²) in [6.07, 6.45) is 77.4. The number of fused-ring (bicyclic) bond motifs is 1. The van der Waals surface area contributed by atoms with E-state index < -0.39 is 0 Å². The second-order valence-corrected chi connectivity index (χ2v) is 22.6. The zero-order valence-electron chi connectivity index (χ0n) is 44.5. The highest BCUT2D eigenvalue weighted by Crippen LogP contribution is 2.48. The molecule has 2 rings (SSSR count). The summed E-state index contributed by atoms with van der Waals surface area (Å²) in [5.41, 5.74) is 0. The van der Waals surface area contributed by atoms with Crippen molar-refractivity contribution in [3.63, 3.8) is 0 Å². The molecule has 2 atom stereocenters.